The highest BCUT2D eigenvalue weighted by Crippen LogP contribution is 2.22. The molecule has 0 atom stereocenters. The molecule has 3 rings (SSSR count). The van der Waals surface area contributed by atoms with Crippen LogP contribution in [-0.4, -0.2) is 0 Å². The molecule has 0 bridgehead atoms. The second kappa shape index (κ2) is 5.41. The van der Waals surface area contributed by atoms with E-state index in [4.69, 9.17) is 0 Å². The molecule has 0 aliphatic carbocycles. The van der Waals surface area contributed by atoms with Gasteiger partial charge in [-0.15, -0.1) is 0 Å². The fourth-order valence-electron chi connectivity index (χ4n) is 2.47. The molecule has 3 aromatic rings. The molecule has 1 aromatic carbocycles. The third kappa shape index (κ3) is 2.42. The van der Waals surface area contributed by atoms with Crippen molar-refractivity contribution in [2.75, 3.05) is 0 Å². The number of hydrogen-bond donors (Lipinski definition) is 0. The molecule has 0 N–H and O–H groups in total. The van der Waals surface area contributed by atoms with E-state index in [1.165, 1.54) is 21.9 Å². The lowest BCUT2D eigenvalue weighted by atomic mass is 10.0. The maximum atomic E-state index is 2.26. The van der Waals surface area contributed by atoms with Crippen molar-refractivity contribution in [1.82, 2.24) is 0 Å². The number of nitrogens with zero attached hydrogens (tertiary/aromatic N) is 2. The summed E-state index contributed by atoms with van der Waals surface area (Å²) < 4.78 is 4.38. The van der Waals surface area contributed by atoms with Gasteiger partial charge in [0, 0.05) is 23.6 Å². The minimum Gasteiger partial charge on any atom is -0.205 e. The van der Waals surface area contributed by atoms with E-state index in [1.807, 2.05) is 0 Å². The predicted octanol–water partition coefficient (Wildman–Crippen LogP) is 3.12. The molecule has 0 aliphatic heterocycles. The Hall–Kier alpha value is -2.22. The quantitative estimate of drug-likeness (QED) is 0.642. The number of aryl methyl sites for hydroxylation is 2. The van der Waals surface area contributed by atoms with Gasteiger partial charge in [0.05, 0.1) is 0 Å². The van der Waals surface area contributed by atoms with E-state index < -0.39 is 0 Å². The van der Waals surface area contributed by atoms with Gasteiger partial charge in [0.25, 0.3) is 0 Å². The van der Waals surface area contributed by atoms with Crippen molar-refractivity contribution in [3.63, 3.8) is 0 Å². The van der Waals surface area contributed by atoms with E-state index in [-0.39, 0.29) is 0 Å². The van der Waals surface area contributed by atoms with E-state index in [1.54, 1.807) is 0 Å². The highest BCUT2D eigenvalue weighted by molar-refractivity contribution is 5.85. The Morgan fingerprint density at radius 1 is 0.700 bits per heavy atom. The molecule has 20 heavy (non-hydrogen) atoms. The first kappa shape index (κ1) is 12.8. The highest BCUT2D eigenvalue weighted by atomic mass is 14.9. The summed E-state index contributed by atoms with van der Waals surface area (Å²) in [6.45, 7) is 6.33. The molecule has 2 nitrogen and oxygen atoms in total. The molecular formula is C18H20N2+2. The van der Waals surface area contributed by atoms with Crippen LogP contribution in [0.2, 0.25) is 0 Å². The summed E-state index contributed by atoms with van der Waals surface area (Å²) in [4.78, 5) is 0. The lowest BCUT2D eigenvalue weighted by molar-refractivity contribution is -0.693. The van der Waals surface area contributed by atoms with Gasteiger partial charge in [-0.1, -0.05) is 6.07 Å². The summed E-state index contributed by atoms with van der Waals surface area (Å²) in [6, 6.07) is 13.2. The van der Waals surface area contributed by atoms with Gasteiger partial charge in [-0.3, -0.25) is 0 Å². The summed E-state index contributed by atoms with van der Waals surface area (Å²) in [5.74, 6) is 0. The topological polar surface area (TPSA) is 7.76 Å². The minimum atomic E-state index is 1.01. The average molecular weight is 264 g/mol. The molecular weight excluding hydrogens is 244 g/mol. The van der Waals surface area contributed by atoms with Gasteiger partial charge < -0.3 is 0 Å². The summed E-state index contributed by atoms with van der Waals surface area (Å²) in [5, 5.41) is 2.58. The van der Waals surface area contributed by atoms with E-state index in [0.29, 0.717) is 0 Å². The molecule has 2 heteroatoms. The molecule has 0 unspecified atom stereocenters. The molecule has 2 aromatic heterocycles. The zero-order valence-electron chi connectivity index (χ0n) is 12.1. The normalized spacial score (nSPS) is 10.9. The van der Waals surface area contributed by atoms with Crippen LogP contribution in [0, 0.1) is 0 Å². The highest BCUT2D eigenvalue weighted by Gasteiger charge is 2.05. The summed E-state index contributed by atoms with van der Waals surface area (Å²) >= 11 is 0. The standard InChI is InChI=1S/C18H20N2/c1-3-19-10-7-15(8-11-19)16-5-6-18-14-20(4-2)12-9-17(18)13-16/h5-14H,3-4H2,1-2H3/q+2. The van der Waals surface area contributed by atoms with Gasteiger partial charge in [-0.25, -0.2) is 9.13 Å². The zero-order chi connectivity index (χ0) is 13.9. The Balaban J connectivity index is 2.03. The molecule has 0 saturated carbocycles. The van der Waals surface area contributed by atoms with Gasteiger partial charge >= 0.3 is 0 Å². The first-order chi connectivity index (χ1) is 9.80. The van der Waals surface area contributed by atoms with Gasteiger partial charge in [0.15, 0.2) is 24.8 Å². The largest absolute Gasteiger partial charge is 0.205 e. The molecule has 0 amide bonds. The number of pyridine rings is 2. The lowest BCUT2D eigenvalue weighted by Crippen LogP contribution is -2.30. The lowest BCUT2D eigenvalue weighted by Gasteiger charge is -2.03. The van der Waals surface area contributed by atoms with Crippen molar-refractivity contribution in [3.8, 4) is 11.1 Å². The maximum Gasteiger partial charge on any atom is 0.176 e. The summed E-state index contributed by atoms with van der Waals surface area (Å²) in [6.07, 6.45) is 8.61. The Morgan fingerprint density at radius 2 is 1.40 bits per heavy atom. The van der Waals surface area contributed by atoms with Crippen LogP contribution in [0.15, 0.2) is 61.2 Å². The van der Waals surface area contributed by atoms with Gasteiger partial charge in [0.2, 0.25) is 0 Å². The first-order valence-corrected chi connectivity index (χ1v) is 7.22. The summed E-state index contributed by atoms with van der Waals surface area (Å²) in [7, 11) is 0. The molecule has 2 heterocycles. The van der Waals surface area contributed by atoms with Crippen molar-refractivity contribution in [2.45, 2.75) is 26.9 Å². The molecule has 0 saturated heterocycles. The van der Waals surface area contributed by atoms with E-state index in [9.17, 15) is 0 Å². The molecule has 0 aliphatic rings. The van der Waals surface area contributed by atoms with Crippen LogP contribution in [-0.2, 0) is 13.1 Å². The van der Waals surface area contributed by atoms with Crippen molar-refractivity contribution in [3.05, 3.63) is 61.2 Å². The molecule has 0 radical (unpaired) electrons. The van der Waals surface area contributed by atoms with Crippen molar-refractivity contribution in [1.29, 1.82) is 0 Å². The number of rotatable bonds is 3. The van der Waals surface area contributed by atoms with E-state index >= 15 is 0 Å². The monoisotopic (exact) mass is 264 g/mol. The zero-order valence-corrected chi connectivity index (χ0v) is 12.1. The maximum absolute atomic E-state index is 2.26. The summed E-state index contributed by atoms with van der Waals surface area (Å²) in [5.41, 5.74) is 2.54. The van der Waals surface area contributed by atoms with Crippen molar-refractivity contribution >= 4 is 10.8 Å². The fourth-order valence-corrected chi connectivity index (χ4v) is 2.47. The van der Waals surface area contributed by atoms with Crippen molar-refractivity contribution in [2.24, 2.45) is 0 Å². The number of benzene rings is 1. The number of hydrogen-bond acceptors (Lipinski definition) is 0. The van der Waals surface area contributed by atoms with Crippen LogP contribution >= 0.6 is 0 Å². The van der Waals surface area contributed by atoms with Crippen LogP contribution in [0.4, 0.5) is 0 Å². The Kier molecular flexibility index (Phi) is 3.46. The Labute approximate surface area is 119 Å². The average Bonchev–Trinajstić information content (AvgIpc) is 2.54. The van der Waals surface area contributed by atoms with Crippen molar-refractivity contribution < 1.29 is 9.13 Å². The van der Waals surface area contributed by atoms with E-state index in [0.717, 1.165) is 13.1 Å². The third-order valence-corrected chi connectivity index (χ3v) is 3.79. The molecule has 100 valence electrons. The van der Waals surface area contributed by atoms with Gasteiger partial charge in [-0.2, -0.15) is 0 Å². The van der Waals surface area contributed by atoms with Gasteiger partial charge in [-0.05, 0) is 42.5 Å². The van der Waals surface area contributed by atoms with Crippen LogP contribution in [0.3, 0.4) is 0 Å². The first-order valence-electron chi connectivity index (χ1n) is 7.22. The molecule has 0 fully saturated rings. The van der Waals surface area contributed by atoms with Crippen LogP contribution in [0.1, 0.15) is 13.8 Å². The van der Waals surface area contributed by atoms with Gasteiger partial charge in [0.1, 0.15) is 13.1 Å². The van der Waals surface area contributed by atoms with E-state index in [2.05, 4.69) is 84.2 Å². The molecule has 0 spiro atoms. The van der Waals surface area contributed by atoms with Crippen LogP contribution in [0.25, 0.3) is 21.9 Å². The fraction of sp³-hybridized carbons (Fsp3) is 0.222. The minimum absolute atomic E-state index is 1.01. The van der Waals surface area contributed by atoms with Crippen LogP contribution in [0.5, 0.6) is 0 Å². The SMILES string of the molecule is CC[n+]1ccc(-c2ccc3c[n+](CC)ccc3c2)cc1. The Morgan fingerprint density at radius 3 is 2.10 bits per heavy atom. The predicted molar refractivity (Wildman–Crippen MR) is 81.1 cm³/mol. The number of fused-ring (bicyclic) bond motifs is 1. The Bertz CT molecular complexity index is 730. The third-order valence-electron chi connectivity index (χ3n) is 3.79. The smallest absolute Gasteiger partial charge is 0.176 e. The second-order valence-corrected chi connectivity index (χ2v) is 5.04. The van der Waals surface area contributed by atoms with Crippen LogP contribution < -0.4 is 9.13 Å². The number of aromatic nitrogens is 2. The second-order valence-electron chi connectivity index (χ2n) is 5.04.